The van der Waals surface area contributed by atoms with Crippen LogP contribution < -0.4 is 0 Å². The van der Waals surface area contributed by atoms with E-state index in [-0.39, 0.29) is 11.3 Å². The molecule has 1 amide bonds. The number of hydrogen-bond donors (Lipinski definition) is 0. The normalized spacial score (nSPS) is 18.4. The van der Waals surface area contributed by atoms with E-state index in [0.717, 1.165) is 11.9 Å². The lowest BCUT2D eigenvalue weighted by Gasteiger charge is -2.43. The van der Waals surface area contributed by atoms with Crippen molar-refractivity contribution in [1.29, 1.82) is 0 Å². The van der Waals surface area contributed by atoms with E-state index in [1.807, 2.05) is 4.90 Å². The van der Waals surface area contributed by atoms with E-state index in [1.54, 1.807) is 0 Å². The van der Waals surface area contributed by atoms with E-state index in [1.165, 1.54) is 41.3 Å². The molecule has 2 heterocycles. The first-order valence-electron chi connectivity index (χ1n) is 11.2. The second kappa shape index (κ2) is 7.92. The number of aryl methyl sites for hydroxylation is 1. The topological polar surface area (TPSA) is 34.5 Å². The Kier molecular flexibility index (Phi) is 5.11. The lowest BCUT2D eigenvalue weighted by Crippen LogP contribution is -2.42. The number of ether oxygens (including phenoxy) is 1. The van der Waals surface area contributed by atoms with Crippen LogP contribution in [0.5, 0.6) is 0 Å². The summed E-state index contributed by atoms with van der Waals surface area (Å²) in [4.78, 5) is 14.9. The standard InChI is InChI=1S/C26H30N2O2/c1-2-20-8-10-21(11-9-20)26(12-5-13-26)23-18-28(24-7-4-3-6-22(23)24)19-25(29)27-14-16-30-17-15-27/h3-4,6-11,18H,2,5,12-17,19H2,1H3. The number of benzene rings is 2. The Morgan fingerprint density at radius 2 is 1.77 bits per heavy atom. The van der Waals surface area contributed by atoms with Crippen LogP contribution in [0.4, 0.5) is 0 Å². The predicted octanol–water partition coefficient (Wildman–Crippen LogP) is 4.53. The molecule has 0 bridgehead atoms. The van der Waals surface area contributed by atoms with E-state index in [4.69, 9.17) is 4.74 Å². The third-order valence-electron chi connectivity index (χ3n) is 7.10. The molecule has 1 aliphatic carbocycles. The van der Waals surface area contributed by atoms with Gasteiger partial charge in [0, 0.05) is 35.6 Å². The van der Waals surface area contributed by atoms with Gasteiger partial charge in [-0.15, -0.1) is 0 Å². The highest BCUT2D eigenvalue weighted by Crippen LogP contribution is 2.51. The quantitative estimate of drug-likeness (QED) is 0.628. The smallest absolute Gasteiger partial charge is 0.242 e. The first kappa shape index (κ1) is 19.4. The monoisotopic (exact) mass is 402 g/mol. The molecule has 0 N–H and O–H groups in total. The van der Waals surface area contributed by atoms with Gasteiger partial charge < -0.3 is 14.2 Å². The molecule has 1 saturated carbocycles. The van der Waals surface area contributed by atoms with E-state index in [2.05, 4.69) is 66.2 Å². The molecule has 0 radical (unpaired) electrons. The molecule has 4 heteroatoms. The van der Waals surface area contributed by atoms with Crippen molar-refractivity contribution in [3.8, 4) is 0 Å². The lowest BCUT2D eigenvalue weighted by atomic mass is 9.60. The molecule has 1 aliphatic heterocycles. The molecule has 4 nitrogen and oxygen atoms in total. The third kappa shape index (κ3) is 3.24. The molecule has 1 saturated heterocycles. The van der Waals surface area contributed by atoms with Crippen LogP contribution in [0.1, 0.15) is 42.9 Å². The van der Waals surface area contributed by atoms with Gasteiger partial charge in [0.05, 0.1) is 13.2 Å². The number of aromatic nitrogens is 1. The van der Waals surface area contributed by atoms with Crippen molar-refractivity contribution >= 4 is 16.8 Å². The number of hydrogen-bond acceptors (Lipinski definition) is 2. The molecular weight excluding hydrogens is 372 g/mol. The van der Waals surface area contributed by atoms with Crippen LogP contribution >= 0.6 is 0 Å². The largest absolute Gasteiger partial charge is 0.378 e. The van der Waals surface area contributed by atoms with Crippen molar-refractivity contribution in [1.82, 2.24) is 9.47 Å². The Balaban J connectivity index is 1.53. The molecule has 0 spiro atoms. The van der Waals surface area contributed by atoms with Crippen LogP contribution in [0.2, 0.25) is 0 Å². The average Bonchev–Trinajstić information content (AvgIpc) is 3.13. The van der Waals surface area contributed by atoms with E-state index < -0.39 is 0 Å². The molecule has 2 fully saturated rings. The molecule has 0 unspecified atom stereocenters. The van der Waals surface area contributed by atoms with Gasteiger partial charge in [-0.05, 0) is 42.0 Å². The van der Waals surface area contributed by atoms with Crippen LogP contribution in [0.3, 0.4) is 0 Å². The summed E-state index contributed by atoms with van der Waals surface area (Å²) in [6, 6.07) is 17.8. The zero-order valence-electron chi connectivity index (χ0n) is 17.8. The van der Waals surface area contributed by atoms with Gasteiger partial charge in [0.15, 0.2) is 0 Å². The Labute approximate surface area is 178 Å². The van der Waals surface area contributed by atoms with Crippen molar-refractivity contribution < 1.29 is 9.53 Å². The predicted molar refractivity (Wildman–Crippen MR) is 120 cm³/mol. The van der Waals surface area contributed by atoms with Crippen LogP contribution in [-0.4, -0.2) is 41.7 Å². The minimum atomic E-state index is 0.0686. The number of para-hydroxylation sites is 1. The van der Waals surface area contributed by atoms with Gasteiger partial charge in [0.2, 0.25) is 5.91 Å². The van der Waals surface area contributed by atoms with Gasteiger partial charge in [0.25, 0.3) is 0 Å². The highest BCUT2D eigenvalue weighted by molar-refractivity contribution is 5.88. The van der Waals surface area contributed by atoms with Gasteiger partial charge in [-0.3, -0.25) is 4.79 Å². The molecule has 2 aromatic carbocycles. The lowest BCUT2D eigenvalue weighted by molar-refractivity contribution is -0.135. The summed E-state index contributed by atoms with van der Waals surface area (Å²) in [5.41, 5.74) is 5.40. The van der Waals surface area contributed by atoms with Crippen molar-refractivity contribution in [2.45, 2.75) is 44.6 Å². The number of nitrogens with zero attached hydrogens (tertiary/aromatic N) is 2. The van der Waals surface area contributed by atoms with E-state index in [9.17, 15) is 4.79 Å². The molecule has 30 heavy (non-hydrogen) atoms. The molecule has 0 atom stereocenters. The van der Waals surface area contributed by atoms with E-state index >= 15 is 0 Å². The summed E-state index contributed by atoms with van der Waals surface area (Å²) >= 11 is 0. The number of morpholine rings is 1. The second-order valence-corrected chi connectivity index (χ2v) is 8.67. The summed E-state index contributed by atoms with van der Waals surface area (Å²) in [6.07, 6.45) is 6.92. The summed E-state index contributed by atoms with van der Waals surface area (Å²) in [7, 11) is 0. The molecule has 1 aromatic heterocycles. The number of amides is 1. The minimum Gasteiger partial charge on any atom is -0.378 e. The fourth-order valence-corrected chi connectivity index (χ4v) is 5.12. The van der Waals surface area contributed by atoms with Crippen molar-refractivity contribution in [2.75, 3.05) is 26.3 Å². The Hall–Kier alpha value is -2.59. The summed E-state index contributed by atoms with van der Waals surface area (Å²) in [6.45, 7) is 5.26. The van der Waals surface area contributed by atoms with Crippen LogP contribution in [-0.2, 0) is 27.9 Å². The number of rotatable bonds is 5. The Morgan fingerprint density at radius 1 is 1.03 bits per heavy atom. The van der Waals surface area contributed by atoms with Crippen molar-refractivity contribution in [3.63, 3.8) is 0 Å². The highest BCUT2D eigenvalue weighted by Gasteiger charge is 2.42. The second-order valence-electron chi connectivity index (χ2n) is 8.67. The molecule has 3 aromatic rings. The maximum atomic E-state index is 12.9. The molecular formula is C26H30N2O2. The maximum absolute atomic E-state index is 12.9. The summed E-state index contributed by atoms with van der Waals surface area (Å²) in [5.74, 6) is 0.181. The zero-order valence-corrected chi connectivity index (χ0v) is 17.8. The van der Waals surface area contributed by atoms with E-state index in [0.29, 0.717) is 32.8 Å². The number of fused-ring (bicyclic) bond motifs is 1. The fraction of sp³-hybridized carbons (Fsp3) is 0.423. The minimum absolute atomic E-state index is 0.0686. The maximum Gasteiger partial charge on any atom is 0.242 e. The van der Waals surface area contributed by atoms with Crippen molar-refractivity contribution in [3.05, 3.63) is 71.4 Å². The Bertz CT molecular complexity index is 1040. The average molecular weight is 403 g/mol. The molecule has 156 valence electrons. The zero-order chi connectivity index (χ0) is 20.6. The first-order valence-corrected chi connectivity index (χ1v) is 11.2. The van der Waals surface area contributed by atoms with Gasteiger partial charge in [-0.2, -0.15) is 0 Å². The summed E-state index contributed by atoms with van der Waals surface area (Å²) in [5, 5.41) is 1.28. The van der Waals surface area contributed by atoms with Gasteiger partial charge in [-0.25, -0.2) is 0 Å². The Morgan fingerprint density at radius 3 is 2.43 bits per heavy atom. The van der Waals surface area contributed by atoms with Gasteiger partial charge >= 0.3 is 0 Å². The van der Waals surface area contributed by atoms with Gasteiger partial charge in [-0.1, -0.05) is 55.8 Å². The highest BCUT2D eigenvalue weighted by atomic mass is 16.5. The summed E-state index contributed by atoms with van der Waals surface area (Å²) < 4.78 is 7.58. The van der Waals surface area contributed by atoms with Crippen LogP contribution in [0.25, 0.3) is 10.9 Å². The van der Waals surface area contributed by atoms with Crippen LogP contribution in [0.15, 0.2) is 54.7 Å². The number of carbonyl (C=O) groups excluding carboxylic acids is 1. The fourth-order valence-electron chi connectivity index (χ4n) is 5.12. The van der Waals surface area contributed by atoms with Crippen LogP contribution in [0, 0.1) is 0 Å². The third-order valence-corrected chi connectivity index (χ3v) is 7.10. The molecule has 5 rings (SSSR count). The number of carbonyl (C=O) groups is 1. The van der Waals surface area contributed by atoms with Crippen molar-refractivity contribution in [2.24, 2.45) is 0 Å². The SMILES string of the molecule is CCc1ccc(C2(c3cn(CC(=O)N4CCOCC4)c4ccccc34)CCC2)cc1. The first-order chi connectivity index (χ1) is 14.7. The van der Waals surface area contributed by atoms with Gasteiger partial charge in [0.1, 0.15) is 6.54 Å². The molecule has 2 aliphatic rings.